The molecule has 0 spiro atoms. The number of hydrogen-bond acceptors (Lipinski definition) is 6. The molecule has 210 valence electrons. The van der Waals surface area contributed by atoms with E-state index in [1.807, 2.05) is 78.9 Å². The summed E-state index contributed by atoms with van der Waals surface area (Å²) in [5, 5.41) is 6.87. The molecule has 6 heteroatoms. The van der Waals surface area contributed by atoms with E-state index in [4.69, 9.17) is 23.8 Å². The van der Waals surface area contributed by atoms with Gasteiger partial charge in [-0.05, 0) is 36.4 Å². The molecule has 0 N–H and O–H groups in total. The summed E-state index contributed by atoms with van der Waals surface area (Å²) in [7, 11) is 0. The van der Waals surface area contributed by atoms with E-state index in [9.17, 15) is 0 Å². The van der Waals surface area contributed by atoms with Gasteiger partial charge < -0.3 is 8.83 Å². The maximum Gasteiger partial charge on any atom is 0.167 e. The van der Waals surface area contributed by atoms with Crippen LogP contribution in [0.15, 0.2) is 136 Å². The van der Waals surface area contributed by atoms with Gasteiger partial charge in [0, 0.05) is 52.8 Å². The summed E-state index contributed by atoms with van der Waals surface area (Å²) < 4.78 is 15.3. The van der Waals surface area contributed by atoms with Crippen molar-refractivity contribution in [3.63, 3.8) is 0 Å². The molecule has 0 aliphatic rings. The van der Waals surface area contributed by atoms with E-state index < -0.39 is 0 Å². The van der Waals surface area contributed by atoms with Gasteiger partial charge in [-0.3, -0.25) is 0 Å². The minimum Gasteiger partial charge on any atom is -0.456 e. The molecule has 5 nitrogen and oxygen atoms in total. The van der Waals surface area contributed by atoms with Crippen LogP contribution in [-0.2, 0) is 0 Å². The van der Waals surface area contributed by atoms with Gasteiger partial charge >= 0.3 is 0 Å². The van der Waals surface area contributed by atoms with E-state index in [0.717, 1.165) is 60.6 Å². The average Bonchev–Trinajstić information content (AvgIpc) is 3.79. The van der Waals surface area contributed by atoms with Crippen molar-refractivity contribution in [1.82, 2.24) is 15.0 Å². The third-order valence-corrected chi connectivity index (χ3v) is 9.80. The van der Waals surface area contributed by atoms with Crippen LogP contribution in [0.3, 0.4) is 0 Å². The van der Waals surface area contributed by atoms with Crippen molar-refractivity contribution in [3.05, 3.63) is 127 Å². The predicted octanol–water partition coefficient (Wildman–Crippen LogP) is 11.0. The Hall–Kier alpha value is -5.85. The Kier molecular flexibility index (Phi) is 5.09. The molecule has 0 aliphatic carbocycles. The van der Waals surface area contributed by atoms with Crippen molar-refractivity contribution in [1.29, 1.82) is 0 Å². The first-order valence-corrected chi connectivity index (χ1v) is 15.6. The van der Waals surface area contributed by atoms with Gasteiger partial charge in [0.05, 0.1) is 5.56 Å². The maximum absolute atomic E-state index is 6.66. The Bertz CT molecular complexity index is 2700. The minimum absolute atomic E-state index is 0.575. The molecule has 0 atom stereocenters. The van der Waals surface area contributed by atoms with Crippen molar-refractivity contribution < 1.29 is 8.83 Å². The first kappa shape index (κ1) is 24.6. The predicted molar refractivity (Wildman–Crippen MR) is 184 cm³/mol. The lowest BCUT2D eigenvalue weighted by molar-refractivity contribution is 0.669. The number of hydrogen-bond donors (Lipinski definition) is 0. The molecule has 0 saturated carbocycles. The number of benzene rings is 6. The number of fused-ring (bicyclic) bond motifs is 11. The van der Waals surface area contributed by atoms with E-state index in [1.54, 1.807) is 11.3 Å². The second-order valence-corrected chi connectivity index (χ2v) is 12.2. The van der Waals surface area contributed by atoms with Crippen molar-refractivity contribution in [2.75, 3.05) is 0 Å². The lowest BCUT2D eigenvalue weighted by Gasteiger charge is -2.08. The molecule has 10 aromatic rings. The molecule has 4 aromatic heterocycles. The van der Waals surface area contributed by atoms with Gasteiger partial charge in [0.25, 0.3) is 0 Å². The standard InChI is InChI=1S/C39H21N3O2S/c1-3-10-22(11-4-1)37-40-38(23-12-5-2-6-13-23)42-39(41-37)28-16-9-15-27-33-31(44-34(27)28)21-19-25-24-18-20-30-32(35(24)45-36(25)33)26-14-7-8-17-29(26)43-30/h1-21H. The van der Waals surface area contributed by atoms with Crippen LogP contribution >= 0.6 is 11.3 Å². The number of nitrogens with zero attached hydrogens (tertiary/aromatic N) is 3. The Morgan fingerprint density at radius 2 is 0.956 bits per heavy atom. The van der Waals surface area contributed by atoms with Gasteiger partial charge in [-0.1, -0.05) is 91.0 Å². The van der Waals surface area contributed by atoms with Gasteiger partial charge in [0.1, 0.15) is 22.3 Å². The fourth-order valence-electron chi connectivity index (χ4n) is 6.49. The molecule has 0 radical (unpaired) electrons. The number of rotatable bonds is 3. The van der Waals surface area contributed by atoms with Gasteiger partial charge in [-0.25, -0.2) is 15.0 Å². The molecule has 10 rings (SSSR count). The maximum atomic E-state index is 6.66. The van der Waals surface area contributed by atoms with Crippen LogP contribution in [0.2, 0.25) is 0 Å². The summed E-state index contributed by atoms with van der Waals surface area (Å²) in [6.07, 6.45) is 0. The van der Waals surface area contributed by atoms with Crippen LogP contribution in [0, 0.1) is 0 Å². The van der Waals surface area contributed by atoms with Crippen molar-refractivity contribution >= 4 is 75.4 Å². The molecule has 6 aromatic carbocycles. The molecule has 0 bridgehead atoms. The monoisotopic (exact) mass is 595 g/mol. The zero-order valence-corrected chi connectivity index (χ0v) is 24.5. The van der Waals surface area contributed by atoms with Gasteiger partial charge in [0.2, 0.25) is 0 Å². The summed E-state index contributed by atoms with van der Waals surface area (Å²) >= 11 is 1.80. The molecule has 4 heterocycles. The first-order valence-electron chi connectivity index (χ1n) is 14.8. The molecule has 0 unspecified atom stereocenters. The summed E-state index contributed by atoms with van der Waals surface area (Å²) in [5.74, 6) is 1.82. The van der Waals surface area contributed by atoms with E-state index >= 15 is 0 Å². The summed E-state index contributed by atoms with van der Waals surface area (Å²) in [5.41, 5.74) is 6.11. The van der Waals surface area contributed by atoms with Crippen LogP contribution in [-0.4, -0.2) is 15.0 Å². The third kappa shape index (κ3) is 3.63. The Labute approximate surface area is 260 Å². The number of thiophene rings is 1. The second-order valence-electron chi connectivity index (χ2n) is 11.2. The fourth-order valence-corrected chi connectivity index (χ4v) is 7.89. The van der Waals surface area contributed by atoms with Crippen LogP contribution < -0.4 is 0 Å². The average molecular weight is 596 g/mol. The summed E-state index contributed by atoms with van der Waals surface area (Å²) in [6, 6.07) is 43.1. The molecule has 0 saturated heterocycles. The van der Waals surface area contributed by atoms with Gasteiger partial charge in [-0.2, -0.15) is 0 Å². The normalized spacial score (nSPS) is 12.0. The smallest absolute Gasteiger partial charge is 0.167 e. The molecular formula is C39H21N3O2S. The zero-order chi connectivity index (χ0) is 29.5. The summed E-state index contributed by atoms with van der Waals surface area (Å²) in [4.78, 5) is 14.8. The second kappa shape index (κ2) is 9.32. The molecule has 0 aliphatic heterocycles. The first-order chi connectivity index (χ1) is 22.3. The van der Waals surface area contributed by atoms with Crippen LogP contribution in [0.1, 0.15) is 0 Å². The molecule has 0 amide bonds. The van der Waals surface area contributed by atoms with Crippen LogP contribution in [0.25, 0.3) is 98.2 Å². The molecule has 45 heavy (non-hydrogen) atoms. The highest BCUT2D eigenvalue weighted by atomic mass is 32.1. The van der Waals surface area contributed by atoms with E-state index in [-0.39, 0.29) is 0 Å². The third-order valence-electron chi connectivity index (χ3n) is 8.55. The Balaban J connectivity index is 1.25. The highest BCUT2D eigenvalue weighted by molar-refractivity contribution is 7.27. The molecule has 0 fully saturated rings. The SMILES string of the molecule is c1ccc(-c2nc(-c3ccccc3)nc(-c3cccc4c3oc3ccc5c6ccc7oc8ccccc8c7c6sc5c34)n2)cc1. The van der Waals surface area contributed by atoms with Crippen LogP contribution in [0.5, 0.6) is 0 Å². The van der Waals surface area contributed by atoms with E-state index in [0.29, 0.717) is 17.5 Å². The van der Waals surface area contributed by atoms with E-state index in [1.165, 1.54) is 20.2 Å². The van der Waals surface area contributed by atoms with Crippen molar-refractivity contribution in [2.45, 2.75) is 0 Å². The highest BCUT2D eigenvalue weighted by Gasteiger charge is 2.21. The van der Waals surface area contributed by atoms with Gasteiger partial charge in [-0.15, -0.1) is 11.3 Å². The van der Waals surface area contributed by atoms with E-state index in [2.05, 4.69) is 48.5 Å². The Morgan fingerprint density at radius 1 is 0.400 bits per heavy atom. The lowest BCUT2D eigenvalue weighted by Crippen LogP contribution is -2.00. The quantitative estimate of drug-likeness (QED) is 0.203. The van der Waals surface area contributed by atoms with Crippen molar-refractivity contribution in [2.24, 2.45) is 0 Å². The van der Waals surface area contributed by atoms with Crippen molar-refractivity contribution in [3.8, 4) is 34.2 Å². The fraction of sp³-hybridized carbons (Fsp3) is 0. The lowest BCUT2D eigenvalue weighted by atomic mass is 10.0. The van der Waals surface area contributed by atoms with Crippen LogP contribution in [0.4, 0.5) is 0 Å². The Morgan fingerprint density at radius 3 is 1.64 bits per heavy atom. The molecular weight excluding hydrogens is 575 g/mol. The highest BCUT2D eigenvalue weighted by Crippen LogP contribution is 2.47. The summed E-state index contributed by atoms with van der Waals surface area (Å²) in [6.45, 7) is 0. The largest absolute Gasteiger partial charge is 0.456 e. The topological polar surface area (TPSA) is 65.0 Å². The zero-order valence-electron chi connectivity index (χ0n) is 23.7. The number of furan rings is 2. The number of aromatic nitrogens is 3. The van der Waals surface area contributed by atoms with Gasteiger partial charge in [0.15, 0.2) is 17.5 Å². The number of para-hydroxylation sites is 2. The minimum atomic E-state index is 0.575.